The van der Waals surface area contributed by atoms with Gasteiger partial charge in [-0.1, -0.05) is 37.1 Å². The van der Waals surface area contributed by atoms with Crippen molar-refractivity contribution in [2.24, 2.45) is 0 Å². The lowest BCUT2D eigenvalue weighted by molar-refractivity contribution is 0.406. The van der Waals surface area contributed by atoms with E-state index in [1.807, 2.05) is 12.1 Å². The van der Waals surface area contributed by atoms with Crippen LogP contribution in [0.25, 0.3) is 0 Å². The predicted molar refractivity (Wildman–Crippen MR) is 94.9 cm³/mol. The van der Waals surface area contributed by atoms with Crippen molar-refractivity contribution in [2.75, 3.05) is 5.32 Å². The van der Waals surface area contributed by atoms with E-state index in [4.69, 9.17) is 12.2 Å². The summed E-state index contributed by atoms with van der Waals surface area (Å²) in [6, 6.07) is 12.4. The molecule has 0 saturated heterocycles. The Balaban J connectivity index is 1.80. The Labute approximate surface area is 137 Å². The number of thiocarbonyl (C=S) groups is 1. The minimum Gasteiger partial charge on any atom is -0.353 e. The lowest BCUT2D eigenvalue weighted by atomic mass is 9.85. The maximum absolute atomic E-state index is 5.55. The topological polar surface area (TPSA) is 37.0 Å². The minimum absolute atomic E-state index is 0.0392. The van der Waals surface area contributed by atoms with E-state index in [0.717, 1.165) is 18.5 Å². The summed E-state index contributed by atoms with van der Waals surface area (Å²) < 4.78 is 0. The lowest BCUT2D eigenvalue weighted by Crippen LogP contribution is -2.46. The van der Waals surface area contributed by atoms with Crippen LogP contribution >= 0.6 is 12.2 Å². The maximum atomic E-state index is 5.55. The summed E-state index contributed by atoms with van der Waals surface area (Å²) in [7, 11) is 0. The molecule has 1 aliphatic carbocycles. The molecule has 114 valence electrons. The van der Waals surface area contributed by atoms with E-state index >= 15 is 0 Å². The van der Waals surface area contributed by atoms with Gasteiger partial charge in [0.25, 0.3) is 0 Å². The van der Waals surface area contributed by atoms with Crippen molar-refractivity contribution < 1.29 is 0 Å². The van der Waals surface area contributed by atoms with Gasteiger partial charge in [0.05, 0.1) is 5.54 Å². The number of aryl methyl sites for hydroxylation is 1. The molecule has 1 heterocycles. The van der Waals surface area contributed by atoms with E-state index in [0.29, 0.717) is 5.11 Å². The van der Waals surface area contributed by atoms with Gasteiger partial charge in [-0.05, 0) is 55.2 Å². The summed E-state index contributed by atoms with van der Waals surface area (Å²) in [5.41, 5.74) is 3.61. The highest BCUT2D eigenvalue weighted by Crippen LogP contribution is 2.40. The lowest BCUT2D eigenvalue weighted by Gasteiger charge is -2.33. The second kappa shape index (κ2) is 6.44. The van der Waals surface area contributed by atoms with Crippen LogP contribution in [-0.4, -0.2) is 10.1 Å². The Bertz CT molecular complexity index is 648. The average Bonchev–Trinajstić information content (AvgIpc) is 2.98. The molecule has 1 aliphatic rings. The van der Waals surface area contributed by atoms with Crippen LogP contribution < -0.4 is 10.6 Å². The molecule has 1 aromatic carbocycles. The number of pyridine rings is 1. The standard InChI is InChI=1S/C18H21N3S/c1-14-6-2-3-7-16(14)18(10-4-5-11-18)21-17(22)20-15-8-12-19-13-9-15/h2-3,6-9,12-13H,4-5,10-11H2,1H3,(H2,19,20,21,22). The van der Waals surface area contributed by atoms with Crippen molar-refractivity contribution >= 4 is 23.0 Å². The van der Waals surface area contributed by atoms with Crippen LogP contribution in [0, 0.1) is 6.92 Å². The number of hydrogen-bond donors (Lipinski definition) is 2. The Hall–Kier alpha value is -1.94. The van der Waals surface area contributed by atoms with E-state index in [9.17, 15) is 0 Å². The summed E-state index contributed by atoms with van der Waals surface area (Å²) in [4.78, 5) is 4.03. The molecule has 1 fully saturated rings. The molecule has 2 N–H and O–H groups in total. The molecule has 3 rings (SSSR count). The highest BCUT2D eigenvalue weighted by atomic mass is 32.1. The molecule has 1 aromatic heterocycles. The van der Waals surface area contributed by atoms with Crippen molar-refractivity contribution in [1.82, 2.24) is 10.3 Å². The Kier molecular flexibility index (Phi) is 4.39. The molecule has 0 bridgehead atoms. The molecule has 3 nitrogen and oxygen atoms in total. The van der Waals surface area contributed by atoms with Crippen LogP contribution in [0.2, 0.25) is 0 Å². The smallest absolute Gasteiger partial charge is 0.171 e. The number of anilines is 1. The molecule has 0 aliphatic heterocycles. The number of aromatic nitrogens is 1. The fourth-order valence-electron chi connectivity index (χ4n) is 3.36. The molecule has 4 heteroatoms. The van der Waals surface area contributed by atoms with Gasteiger partial charge in [0.15, 0.2) is 5.11 Å². The molecule has 0 atom stereocenters. The molecule has 0 amide bonds. The zero-order chi connectivity index (χ0) is 15.4. The molecule has 0 radical (unpaired) electrons. The third-order valence-electron chi connectivity index (χ3n) is 4.41. The van der Waals surface area contributed by atoms with Crippen LogP contribution in [-0.2, 0) is 5.54 Å². The Morgan fingerprint density at radius 3 is 2.45 bits per heavy atom. The maximum Gasteiger partial charge on any atom is 0.171 e. The van der Waals surface area contributed by atoms with Gasteiger partial charge < -0.3 is 10.6 Å². The van der Waals surface area contributed by atoms with Crippen molar-refractivity contribution in [3.63, 3.8) is 0 Å². The zero-order valence-corrected chi connectivity index (χ0v) is 13.6. The van der Waals surface area contributed by atoms with E-state index in [1.165, 1.54) is 24.0 Å². The van der Waals surface area contributed by atoms with Gasteiger partial charge in [-0.3, -0.25) is 4.98 Å². The van der Waals surface area contributed by atoms with Crippen LogP contribution in [0.5, 0.6) is 0 Å². The first kappa shape index (κ1) is 15.0. The van der Waals surface area contributed by atoms with Gasteiger partial charge in [0, 0.05) is 18.1 Å². The first-order valence-corrected chi connectivity index (χ1v) is 8.16. The fourth-order valence-corrected chi connectivity index (χ4v) is 3.68. The monoisotopic (exact) mass is 311 g/mol. The van der Waals surface area contributed by atoms with Crippen molar-refractivity contribution in [2.45, 2.75) is 38.1 Å². The molecular formula is C18H21N3S. The fraction of sp³-hybridized carbons (Fsp3) is 0.333. The van der Waals surface area contributed by atoms with Crippen LogP contribution in [0.1, 0.15) is 36.8 Å². The largest absolute Gasteiger partial charge is 0.353 e. The second-order valence-corrected chi connectivity index (χ2v) is 6.33. The van der Waals surface area contributed by atoms with Gasteiger partial charge in [-0.25, -0.2) is 0 Å². The molecular weight excluding hydrogens is 290 g/mol. The number of nitrogens with zero attached hydrogens (tertiary/aromatic N) is 1. The first-order valence-electron chi connectivity index (χ1n) is 7.75. The van der Waals surface area contributed by atoms with Crippen molar-refractivity contribution in [3.8, 4) is 0 Å². The molecule has 22 heavy (non-hydrogen) atoms. The van der Waals surface area contributed by atoms with E-state index in [2.05, 4.69) is 46.8 Å². The third kappa shape index (κ3) is 3.12. The van der Waals surface area contributed by atoms with E-state index < -0.39 is 0 Å². The Morgan fingerprint density at radius 2 is 1.77 bits per heavy atom. The summed E-state index contributed by atoms with van der Waals surface area (Å²) in [6.07, 6.45) is 8.24. The zero-order valence-electron chi connectivity index (χ0n) is 12.8. The van der Waals surface area contributed by atoms with Crippen LogP contribution in [0.3, 0.4) is 0 Å². The first-order chi connectivity index (χ1) is 10.7. The summed E-state index contributed by atoms with van der Waals surface area (Å²) in [5.74, 6) is 0. The van der Waals surface area contributed by atoms with Crippen molar-refractivity contribution in [1.29, 1.82) is 0 Å². The SMILES string of the molecule is Cc1ccccc1C1(NC(=S)Nc2ccncc2)CCCC1. The van der Waals surface area contributed by atoms with Gasteiger partial charge in [-0.15, -0.1) is 0 Å². The third-order valence-corrected chi connectivity index (χ3v) is 4.61. The normalized spacial score (nSPS) is 16.2. The number of nitrogens with one attached hydrogen (secondary N) is 2. The quantitative estimate of drug-likeness (QED) is 0.835. The van der Waals surface area contributed by atoms with E-state index in [1.54, 1.807) is 12.4 Å². The van der Waals surface area contributed by atoms with Crippen LogP contribution in [0.15, 0.2) is 48.8 Å². The summed E-state index contributed by atoms with van der Waals surface area (Å²) >= 11 is 5.55. The predicted octanol–water partition coefficient (Wildman–Crippen LogP) is 4.15. The molecule has 1 saturated carbocycles. The van der Waals surface area contributed by atoms with Gasteiger partial charge in [-0.2, -0.15) is 0 Å². The minimum atomic E-state index is -0.0392. The summed E-state index contributed by atoms with van der Waals surface area (Å²) in [5, 5.41) is 7.54. The highest BCUT2D eigenvalue weighted by Gasteiger charge is 2.37. The average molecular weight is 311 g/mol. The van der Waals surface area contributed by atoms with Gasteiger partial charge >= 0.3 is 0 Å². The molecule has 0 spiro atoms. The number of hydrogen-bond acceptors (Lipinski definition) is 2. The van der Waals surface area contributed by atoms with Gasteiger partial charge in [0.1, 0.15) is 0 Å². The molecule has 0 unspecified atom stereocenters. The second-order valence-electron chi connectivity index (χ2n) is 5.92. The summed E-state index contributed by atoms with van der Waals surface area (Å²) in [6.45, 7) is 2.18. The number of rotatable bonds is 3. The van der Waals surface area contributed by atoms with Crippen molar-refractivity contribution in [3.05, 3.63) is 59.9 Å². The molecule has 2 aromatic rings. The Morgan fingerprint density at radius 1 is 1.09 bits per heavy atom. The van der Waals surface area contributed by atoms with Crippen LogP contribution in [0.4, 0.5) is 5.69 Å². The van der Waals surface area contributed by atoms with E-state index in [-0.39, 0.29) is 5.54 Å². The highest BCUT2D eigenvalue weighted by molar-refractivity contribution is 7.80. The van der Waals surface area contributed by atoms with Gasteiger partial charge in [0.2, 0.25) is 0 Å². The number of benzene rings is 1.